The number of hydrogen-bond acceptors (Lipinski definition) is 1. The van der Waals surface area contributed by atoms with E-state index in [1.165, 1.54) is 88.3 Å². The minimum atomic E-state index is -0.00227. The molecule has 0 amide bonds. The Morgan fingerprint density at radius 3 is 1.70 bits per heavy atom. The molecular weight excluding hydrogens is 641 g/mol. The maximum absolute atomic E-state index is 2.46. The van der Waals surface area contributed by atoms with Crippen LogP contribution in [0.25, 0.3) is 71.5 Å². The summed E-state index contributed by atoms with van der Waals surface area (Å²) in [5, 5.41) is 5.10. The zero-order valence-corrected chi connectivity index (χ0v) is 29.7. The molecule has 10 aromatic rings. The monoisotopic (exact) mass is 676 g/mol. The first-order valence-electron chi connectivity index (χ1n) is 18.5. The van der Waals surface area contributed by atoms with Gasteiger partial charge in [-0.2, -0.15) is 0 Å². The largest absolute Gasteiger partial charge is 0.310 e. The molecule has 0 spiro atoms. The minimum Gasteiger partial charge on any atom is -0.310 e. The lowest BCUT2D eigenvalue weighted by atomic mass is 9.82. The van der Waals surface area contributed by atoms with Crippen molar-refractivity contribution in [3.8, 4) is 33.4 Å². The number of aromatic nitrogens is 1. The van der Waals surface area contributed by atoms with Crippen LogP contribution in [0.4, 0.5) is 17.1 Å². The van der Waals surface area contributed by atoms with E-state index in [9.17, 15) is 0 Å². The van der Waals surface area contributed by atoms with E-state index >= 15 is 0 Å². The molecule has 0 saturated carbocycles. The minimum absolute atomic E-state index is 0.00227. The van der Waals surface area contributed by atoms with Gasteiger partial charge >= 0.3 is 0 Å². The van der Waals surface area contributed by atoms with Crippen LogP contribution in [-0.4, -0.2) is 4.40 Å². The van der Waals surface area contributed by atoms with Crippen molar-refractivity contribution in [1.82, 2.24) is 4.40 Å². The van der Waals surface area contributed by atoms with Crippen molar-refractivity contribution in [2.24, 2.45) is 0 Å². The number of hydrogen-bond donors (Lipinski definition) is 0. The SMILES string of the molecule is CC1(C)c2ccccc2-c2cc(-c3ccc(N(c4ccc(-c5ccccc5)cc4)c4ccc5c6ccccc6n6c7ccccc7c4c56)cc3)ccc21. The summed E-state index contributed by atoms with van der Waals surface area (Å²) in [5.74, 6) is 0. The molecule has 0 saturated heterocycles. The Bertz CT molecular complexity index is 3000. The normalized spacial score (nSPS) is 13.2. The Labute approximate surface area is 309 Å². The summed E-state index contributed by atoms with van der Waals surface area (Å²) in [4.78, 5) is 2.44. The fourth-order valence-electron chi connectivity index (χ4n) is 9.19. The van der Waals surface area contributed by atoms with Crippen LogP contribution in [0.5, 0.6) is 0 Å². The smallest absolute Gasteiger partial charge is 0.0641 e. The lowest BCUT2D eigenvalue weighted by molar-refractivity contribution is 0.660. The standard InChI is InChI=1S/C51H36N2/c1-51(2)44-17-9-6-14-39(44)43-32-36(24-30-45(43)51)35-22-27-38(28-23-35)52(37-25-20-34(21-26-37)33-12-4-3-5-13-33)48-31-29-41-40-15-7-10-18-46(40)53-47-19-11-8-16-42(47)49(48)50(41)53/h3-32H,1-2H3. The summed E-state index contributed by atoms with van der Waals surface area (Å²) in [6.07, 6.45) is 0. The second-order valence-corrected chi connectivity index (χ2v) is 15.0. The molecule has 0 atom stereocenters. The van der Waals surface area contributed by atoms with Crippen molar-refractivity contribution in [2.45, 2.75) is 19.3 Å². The average Bonchev–Trinajstić information content (AvgIpc) is 3.82. The zero-order chi connectivity index (χ0) is 35.3. The molecule has 1 aliphatic rings. The van der Waals surface area contributed by atoms with Crippen molar-refractivity contribution in [2.75, 3.05) is 4.90 Å². The second-order valence-electron chi connectivity index (χ2n) is 15.0. The number of fused-ring (bicyclic) bond motifs is 9. The van der Waals surface area contributed by atoms with Crippen LogP contribution in [-0.2, 0) is 5.41 Å². The van der Waals surface area contributed by atoms with Gasteiger partial charge in [0.25, 0.3) is 0 Å². The van der Waals surface area contributed by atoms with E-state index in [0.29, 0.717) is 0 Å². The van der Waals surface area contributed by atoms with Gasteiger partial charge in [-0.25, -0.2) is 0 Å². The van der Waals surface area contributed by atoms with E-state index < -0.39 is 0 Å². The van der Waals surface area contributed by atoms with Crippen molar-refractivity contribution >= 4 is 55.2 Å². The molecule has 0 aliphatic heterocycles. The summed E-state index contributed by atoms with van der Waals surface area (Å²) in [6.45, 7) is 4.68. The van der Waals surface area contributed by atoms with Gasteiger partial charge in [-0.1, -0.05) is 147 Å². The fourth-order valence-corrected chi connectivity index (χ4v) is 9.19. The van der Waals surface area contributed by atoms with Crippen LogP contribution in [0.15, 0.2) is 182 Å². The molecule has 250 valence electrons. The van der Waals surface area contributed by atoms with Crippen LogP contribution in [0.1, 0.15) is 25.0 Å². The molecule has 0 N–H and O–H groups in total. The number of para-hydroxylation sites is 2. The third kappa shape index (κ3) is 4.33. The summed E-state index contributed by atoms with van der Waals surface area (Å²) in [6, 6.07) is 67.0. The predicted molar refractivity (Wildman–Crippen MR) is 224 cm³/mol. The van der Waals surface area contributed by atoms with Crippen LogP contribution < -0.4 is 4.90 Å². The van der Waals surface area contributed by atoms with Gasteiger partial charge in [0.1, 0.15) is 0 Å². The first kappa shape index (κ1) is 30.0. The molecule has 0 radical (unpaired) electrons. The van der Waals surface area contributed by atoms with E-state index in [2.05, 4.69) is 205 Å². The van der Waals surface area contributed by atoms with Crippen LogP contribution in [0, 0.1) is 0 Å². The topological polar surface area (TPSA) is 7.65 Å². The molecule has 2 heterocycles. The Balaban J connectivity index is 1.10. The van der Waals surface area contributed by atoms with Crippen molar-refractivity contribution < 1.29 is 0 Å². The maximum atomic E-state index is 2.46. The van der Waals surface area contributed by atoms with Gasteiger partial charge < -0.3 is 9.30 Å². The summed E-state index contributed by atoms with van der Waals surface area (Å²) in [5.41, 5.74) is 17.5. The first-order chi connectivity index (χ1) is 26.1. The fraction of sp³-hybridized carbons (Fsp3) is 0.0588. The second kappa shape index (κ2) is 11.2. The van der Waals surface area contributed by atoms with Gasteiger partial charge in [0, 0.05) is 38.3 Å². The molecule has 0 fully saturated rings. The van der Waals surface area contributed by atoms with Crippen molar-refractivity contribution in [3.05, 3.63) is 193 Å². The van der Waals surface area contributed by atoms with Crippen LogP contribution >= 0.6 is 0 Å². The number of nitrogens with zero attached hydrogens (tertiary/aromatic N) is 2. The number of anilines is 3. The third-order valence-corrected chi connectivity index (χ3v) is 11.7. The summed E-state index contributed by atoms with van der Waals surface area (Å²) in [7, 11) is 0. The Hall–Kier alpha value is -6.64. The van der Waals surface area contributed by atoms with Gasteiger partial charge in [-0.15, -0.1) is 0 Å². The molecule has 2 heteroatoms. The van der Waals surface area contributed by atoms with Crippen molar-refractivity contribution in [1.29, 1.82) is 0 Å². The Morgan fingerprint density at radius 1 is 0.415 bits per heavy atom. The van der Waals surface area contributed by atoms with Gasteiger partial charge in [0.15, 0.2) is 0 Å². The highest BCUT2D eigenvalue weighted by molar-refractivity contribution is 6.27. The highest BCUT2D eigenvalue weighted by Gasteiger charge is 2.35. The van der Waals surface area contributed by atoms with E-state index in [4.69, 9.17) is 0 Å². The lowest BCUT2D eigenvalue weighted by Crippen LogP contribution is -2.14. The van der Waals surface area contributed by atoms with Gasteiger partial charge in [0.2, 0.25) is 0 Å². The van der Waals surface area contributed by atoms with Gasteiger partial charge in [0.05, 0.1) is 22.2 Å². The van der Waals surface area contributed by atoms with Gasteiger partial charge in [-0.05, 0) is 93.0 Å². The summed E-state index contributed by atoms with van der Waals surface area (Å²) >= 11 is 0. The first-order valence-corrected chi connectivity index (χ1v) is 18.5. The van der Waals surface area contributed by atoms with Crippen molar-refractivity contribution in [3.63, 3.8) is 0 Å². The van der Waals surface area contributed by atoms with E-state index in [1.807, 2.05) is 0 Å². The zero-order valence-electron chi connectivity index (χ0n) is 29.7. The molecule has 2 nitrogen and oxygen atoms in total. The highest BCUT2D eigenvalue weighted by Crippen LogP contribution is 2.50. The van der Waals surface area contributed by atoms with Gasteiger partial charge in [-0.3, -0.25) is 0 Å². The molecule has 11 rings (SSSR count). The molecule has 0 unspecified atom stereocenters. The highest BCUT2D eigenvalue weighted by atomic mass is 15.1. The summed E-state index contributed by atoms with van der Waals surface area (Å²) < 4.78 is 2.46. The molecular formula is C51H36N2. The third-order valence-electron chi connectivity index (χ3n) is 11.7. The molecule has 2 aromatic heterocycles. The van der Waals surface area contributed by atoms with Crippen LogP contribution in [0.3, 0.4) is 0 Å². The van der Waals surface area contributed by atoms with E-state index in [-0.39, 0.29) is 5.41 Å². The van der Waals surface area contributed by atoms with E-state index in [0.717, 1.165) is 11.4 Å². The molecule has 0 bridgehead atoms. The predicted octanol–water partition coefficient (Wildman–Crippen LogP) is 13.9. The maximum Gasteiger partial charge on any atom is 0.0641 e. The Morgan fingerprint density at radius 2 is 0.962 bits per heavy atom. The molecule has 8 aromatic carbocycles. The average molecular weight is 677 g/mol. The van der Waals surface area contributed by atoms with Crippen LogP contribution in [0.2, 0.25) is 0 Å². The van der Waals surface area contributed by atoms with E-state index in [1.54, 1.807) is 0 Å². The molecule has 1 aliphatic carbocycles. The number of rotatable bonds is 5. The Kier molecular flexibility index (Phi) is 6.33. The molecule has 53 heavy (non-hydrogen) atoms. The lowest BCUT2D eigenvalue weighted by Gasteiger charge is -2.27. The number of benzene rings is 8. The quantitative estimate of drug-likeness (QED) is 0.176.